The van der Waals surface area contributed by atoms with Crippen LogP contribution in [0.25, 0.3) is 0 Å². The second-order valence-electron chi connectivity index (χ2n) is 3.77. The molecule has 0 aromatic heterocycles. The Balaban J connectivity index is 3.57. The van der Waals surface area contributed by atoms with Gasteiger partial charge in [-0.3, -0.25) is 4.79 Å². The minimum Gasteiger partial charge on any atom is -0.506 e. The summed E-state index contributed by atoms with van der Waals surface area (Å²) in [5, 5.41) is 18.7. The van der Waals surface area contributed by atoms with Crippen LogP contribution in [-0.4, -0.2) is 16.2 Å². The maximum absolute atomic E-state index is 10.9. The highest BCUT2D eigenvalue weighted by Gasteiger charge is 2.23. The van der Waals surface area contributed by atoms with E-state index in [-0.39, 0.29) is 5.75 Å². The van der Waals surface area contributed by atoms with E-state index >= 15 is 0 Å². The molecule has 1 aromatic carbocycles. The Morgan fingerprint density at radius 2 is 1.75 bits per heavy atom. The number of aromatic hydroxyl groups is 1. The van der Waals surface area contributed by atoms with Crippen LogP contribution >= 0.6 is 15.9 Å². The molecule has 1 rings (SSSR count). The lowest BCUT2D eigenvalue weighted by atomic mass is 9.92. The fraction of sp³-hybridized carbons (Fsp3) is 0.364. The smallest absolute Gasteiger partial charge is 0.325 e. The van der Waals surface area contributed by atoms with Gasteiger partial charge in [-0.1, -0.05) is 0 Å². The minimum atomic E-state index is -1.08. The predicted molar refractivity (Wildman–Crippen MR) is 64.6 cm³/mol. The SMILES string of the molecule is Cc1c(C)c(C(N)C(=O)O)c(C)c(Br)c1O. The van der Waals surface area contributed by atoms with Crippen molar-refractivity contribution in [1.82, 2.24) is 0 Å². The lowest BCUT2D eigenvalue weighted by Gasteiger charge is -2.19. The van der Waals surface area contributed by atoms with Crippen molar-refractivity contribution in [2.45, 2.75) is 26.8 Å². The standard InChI is InChI=1S/C11H14BrNO3/c1-4-5(2)10(14)8(12)6(3)7(4)9(13)11(15)16/h9,14H,13H2,1-3H3,(H,15,16). The fourth-order valence-corrected chi connectivity index (χ4v) is 2.22. The van der Waals surface area contributed by atoms with E-state index in [1.54, 1.807) is 20.8 Å². The third-order valence-electron chi connectivity index (χ3n) is 2.84. The van der Waals surface area contributed by atoms with Crippen LogP contribution in [-0.2, 0) is 4.79 Å². The van der Waals surface area contributed by atoms with E-state index in [1.807, 2.05) is 0 Å². The number of phenolic OH excluding ortho intramolecular Hbond substituents is 1. The third-order valence-corrected chi connectivity index (χ3v) is 3.81. The van der Waals surface area contributed by atoms with Crippen molar-refractivity contribution < 1.29 is 15.0 Å². The van der Waals surface area contributed by atoms with Gasteiger partial charge in [0.15, 0.2) is 0 Å². The molecule has 0 aliphatic heterocycles. The molecule has 0 aliphatic carbocycles. The van der Waals surface area contributed by atoms with E-state index in [9.17, 15) is 9.90 Å². The first-order valence-corrected chi connectivity index (χ1v) is 5.54. The Labute approximate surface area is 102 Å². The molecular weight excluding hydrogens is 274 g/mol. The number of hydrogen-bond acceptors (Lipinski definition) is 3. The summed E-state index contributed by atoms with van der Waals surface area (Å²) in [6.45, 7) is 5.22. The lowest BCUT2D eigenvalue weighted by molar-refractivity contribution is -0.138. The zero-order valence-corrected chi connectivity index (χ0v) is 10.9. The summed E-state index contributed by atoms with van der Waals surface area (Å²) in [4.78, 5) is 10.9. The first-order chi connectivity index (χ1) is 7.29. The molecule has 1 atom stereocenters. The van der Waals surface area contributed by atoms with Crippen LogP contribution in [0.1, 0.15) is 28.3 Å². The van der Waals surface area contributed by atoms with Gasteiger partial charge in [-0.05, 0) is 59.0 Å². The molecule has 0 amide bonds. The molecule has 88 valence electrons. The van der Waals surface area contributed by atoms with Gasteiger partial charge in [0.25, 0.3) is 0 Å². The summed E-state index contributed by atoms with van der Waals surface area (Å²) in [6.07, 6.45) is 0. The van der Waals surface area contributed by atoms with E-state index in [1.165, 1.54) is 0 Å². The van der Waals surface area contributed by atoms with Gasteiger partial charge >= 0.3 is 5.97 Å². The van der Waals surface area contributed by atoms with Gasteiger partial charge in [0.2, 0.25) is 0 Å². The Kier molecular flexibility index (Phi) is 3.60. The Bertz CT molecular complexity index is 428. The average molecular weight is 288 g/mol. The van der Waals surface area contributed by atoms with Crippen LogP contribution in [0.15, 0.2) is 4.47 Å². The minimum absolute atomic E-state index is 0.135. The number of hydrogen-bond donors (Lipinski definition) is 3. The first kappa shape index (κ1) is 13.0. The maximum Gasteiger partial charge on any atom is 0.325 e. The number of carbonyl (C=O) groups is 1. The quantitative estimate of drug-likeness (QED) is 0.778. The van der Waals surface area contributed by atoms with Gasteiger partial charge in [-0.2, -0.15) is 0 Å². The zero-order chi connectivity index (χ0) is 12.6. The van der Waals surface area contributed by atoms with Crippen LogP contribution in [0, 0.1) is 20.8 Å². The number of nitrogens with two attached hydrogens (primary N) is 1. The summed E-state index contributed by atoms with van der Waals surface area (Å²) >= 11 is 3.23. The number of aliphatic carboxylic acids is 1. The summed E-state index contributed by atoms with van der Waals surface area (Å²) in [7, 11) is 0. The van der Waals surface area contributed by atoms with Crippen molar-refractivity contribution in [3.63, 3.8) is 0 Å². The number of phenols is 1. The van der Waals surface area contributed by atoms with Crippen molar-refractivity contribution in [3.05, 3.63) is 26.7 Å². The van der Waals surface area contributed by atoms with Gasteiger partial charge in [-0.15, -0.1) is 0 Å². The van der Waals surface area contributed by atoms with E-state index < -0.39 is 12.0 Å². The molecule has 4 N–H and O–H groups in total. The van der Waals surface area contributed by atoms with Gasteiger partial charge in [0.05, 0.1) is 4.47 Å². The van der Waals surface area contributed by atoms with Crippen LogP contribution < -0.4 is 5.73 Å². The molecule has 0 saturated carbocycles. The van der Waals surface area contributed by atoms with Gasteiger partial charge in [0.1, 0.15) is 11.8 Å². The maximum atomic E-state index is 10.9. The Hall–Kier alpha value is -1.07. The molecule has 4 nitrogen and oxygen atoms in total. The number of carboxylic acid groups (broad SMARTS) is 1. The molecular formula is C11H14BrNO3. The van der Waals surface area contributed by atoms with E-state index in [0.29, 0.717) is 26.7 Å². The number of halogens is 1. The summed E-state index contributed by atoms with van der Waals surface area (Å²) in [6, 6.07) is -1.07. The third kappa shape index (κ3) is 1.92. The molecule has 0 radical (unpaired) electrons. The van der Waals surface area contributed by atoms with Crippen molar-refractivity contribution >= 4 is 21.9 Å². The molecule has 1 aromatic rings. The highest BCUT2D eigenvalue weighted by Crippen LogP contribution is 2.38. The van der Waals surface area contributed by atoms with Crippen LogP contribution in [0.5, 0.6) is 5.75 Å². The lowest BCUT2D eigenvalue weighted by Crippen LogP contribution is -2.23. The Morgan fingerprint density at radius 1 is 1.25 bits per heavy atom. The van der Waals surface area contributed by atoms with Crippen LogP contribution in [0.2, 0.25) is 0 Å². The molecule has 0 saturated heterocycles. The molecule has 0 aliphatic rings. The van der Waals surface area contributed by atoms with E-state index in [2.05, 4.69) is 15.9 Å². The first-order valence-electron chi connectivity index (χ1n) is 4.75. The van der Waals surface area contributed by atoms with Crippen molar-refractivity contribution in [1.29, 1.82) is 0 Å². The van der Waals surface area contributed by atoms with E-state index in [0.717, 1.165) is 0 Å². The molecule has 0 spiro atoms. The number of benzene rings is 1. The largest absolute Gasteiger partial charge is 0.506 e. The van der Waals surface area contributed by atoms with Crippen molar-refractivity contribution in [3.8, 4) is 5.75 Å². The Morgan fingerprint density at radius 3 is 2.19 bits per heavy atom. The predicted octanol–water partition coefficient (Wildman–Crippen LogP) is 2.16. The number of rotatable bonds is 2. The van der Waals surface area contributed by atoms with Crippen molar-refractivity contribution in [2.75, 3.05) is 0 Å². The normalized spacial score (nSPS) is 12.6. The molecule has 1 unspecified atom stereocenters. The van der Waals surface area contributed by atoms with Gasteiger partial charge in [-0.25, -0.2) is 0 Å². The highest BCUT2D eigenvalue weighted by atomic mass is 79.9. The summed E-state index contributed by atoms with van der Waals surface area (Å²) in [5.41, 5.74) is 8.20. The van der Waals surface area contributed by atoms with Crippen LogP contribution in [0.4, 0.5) is 0 Å². The topological polar surface area (TPSA) is 83.6 Å². The second-order valence-corrected chi connectivity index (χ2v) is 4.56. The molecule has 0 heterocycles. The van der Waals surface area contributed by atoms with Crippen molar-refractivity contribution in [2.24, 2.45) is 5.73 Å². The molecule has 16 heavy (non-hydrogen) atoms. The summed E-state index contributed by atoms with van der Waals surface area (Å²) < 4.78 is 0.502. The van der Waals surface area contributed by atoms with Gasteiger partial charge in [0, 0.05) is 0 Å². The fourth-order valence-electron chi connectivity index (χ4n) is 1.71. The monoisotopic (exact) mass is 287 g/mol. The molecule has 0 fully saturated rings. The van der Waals surface area contributed by atoms with E-state index in [4.69, 9.17) is 10.8 Å². The number of carboxylic acids is 1. The van der Waals surface area contributed by atoms with Gasteiger partial charge < -0.3 is 15.9 Å². The zero-order valence-electron chi connectivity index (χ0n) is 9.34. The highest BCUT2D eigenvalue weighted by molar-refractivity contribution is 9.10. The average Bonchev–Trinajstić information content (AvgIpc) is 2.23. The van der Waals surface area contributed by atoms with Crippen LogP contribution in [0.3, 0.4) is 0 Å². The molecule has 5 heteroatoms. The summed E-state index contributed by atoms with van der Waals surface area (Å²) in [5.74, 6) is -0.945. The second kappa shape index (κ2) is 4.43. The molecule has 0 bridgehead atoms.